The molecular weight excluding hydrogens is 304 g/mol. The predicted octanol–water partition coefficient (Wildman–Crippen LogP) is -3.10. The minimum Gasteiger partial charge on any atom is -0.480 e. The van der Waals surface area contributed by atoms with Crippen molar-refractivity contribution in [2.45, 2.75) is 43.5 Å². The number of carboxylic acids is 1. The number of carboxylic acid groups (broad SMARTS) is 1. The Morgan fingerprint density at radius 1 is 1.33 bits per heavy atom. The Morgan fingerprint density at radius 2 is 1.95 bits per heavy atom. The van der Waals surface area contributed by atoms with Gasteiger partial charge < -0.3 is 30.5 Å². The van der Waals surface area contributed by atoms with Crippen LogP contribution in [0.25, 0.3) is 0 Å². The van der Waals surface area contributed by atoms with Crippen molar-refractivity contribution >= 4 is 24.5 Å². The Balaban J connectivity index is 2.92. The van der Waals surface area contributed by atoms with Crippen LogP contribution in [0.4, 0.5) is 0 Å². The van der Waals surface area contributed by atoms with E-state index in [0.717, 1.165) is 0 Å². The van der Waals surface area contributed by atoms with Crippen molar-refractivity contribution in [3.8, 4) is 0 Å². The molecule has 10 heteroatoms. The molecule has 0 unspecified atom stereocenters. The molecule has 6 N–H and O–H groups in total. The summed E-state index contributed by atoms with van der Waals surface area (Å²) < 4.78 is 5.33. The molecule has 9 nitrogen and oxygen atoms in total. The van der Waals surface area contributed by atoms with Gasteiger partial charge in [0.25, 0.3) is 0 Å². The third kappa shape index (κ3) is 4.53. The molecule has 0 aromatic rings. The number of hydrogen-bond acceptors (Lipinski definition) is 8. The average molecular weight is 324 g/mol. The molecule has 1 rings (SSSR count). The van der Waals surface area contributed by atoms with Crippen LogP contribution >= 0.6 is 12.6 Å². The first-order chi connectivity index (χ1) is 9.81. The number of amides is 1. The van der Waals surface area contributed by atoms with E-state index in [4.69, 9.17) is 14.9 Å². The lowest BCUT2D eigenvalue weighted by molar-refractivity contribution is -0.204. The first-order valence-electron chi connectivity index (χ1n) is 6.31. The normalized spacial score (nSPS) is 34.2. The summed E-state index contributed by atoms with van der Waals surface area (Å²) >= 11 is 3.89. The molecule has 1 aliphatic heterocycles. The van der Waals surface area contributed by atoms with Crippen LogP contribution in [0.15, 0.2) is 0 Å². The maximum Gasteiger partial charge on any atom is 0.321 e. The standard InChI is InChI=1S/C11H20N2O7S/c1-4(15)12-7-9(17)8(16)6(2-14)20-10(7)13-5(3-21)11(18)19/h5-10,13-14,16-17,21H,2-3H2,1H3,(H,12,15)(H,18,19)/t5-,6+,7+,8+,9+,10+/m0/s1. The van der Waals surface area contributed by atoms with E-state index < -0.39 is 55.1 Å². The second kappa shape index (κ2) is 7.92. The van der Waals surface area contributed by atoms with Gasteiger partial charge in [0.15, 0.2) is 0 Å². The zero-order valence-corrected chi connectivity index (χ0v) is 12.2. The molecule has 1 aliphatic rings. The molecule has 0 spiro atoms. The Labute approximate surface area is 126 Å². The van der Waals surface area contributed by atoms with E-state index >= 15 is 0 Å². The monoisotopic (exact) mass is 324 g/mol. The van der Waals surface area contributed by atoms with Gasteiger partial charge in [-0.1, -0.05) is 0 Å². The first kappa shape index (κ1) is 18.1. The van der Waals surface area contributed by atoms with Crippen molar-refractivity contribution in [2.75, 3.05) is 12.4 Å². The van der Waals surface area contributed by atoms with Gasteiger partial charge in [0.1, 0.15) is 30.6 Å². The second-order valence-electron chi connectivity index (χ2n) is 4.73. The van der Waals surface area contributed by atoms with Crippen LogP contribution in [0.3, 0.4) is 0 Å². The number of aliphatic hydroxyl groups excluding tert-OH is 3. The average Bonchev–Trinajstić information content (AvgIpc) is 2.42. The van der Waals surface area contributed by atoms with Gasteiger partial charge in [0, 0.05) is 12.7 Å². The van der Waals surface area contributed by atoms with Gasteiger partial charge in [-0.15, -0.1) is 0 Å². The van der Waals surface area contributed by atoms with Gasteiger partial charge in [-0.3, -0.25) is 14.9 Å². The van der Waals surface area contributed by atoms with E-state index in [1.807, 2.05) is 0 Å². The number of ether oxygens (including phenoxy) is 1. The summed E-state index contributed by atoms with van der Waals surface area (Å²) in [6.45, 7) is 0.642. The number of nitrogens with one attached hydrogen (secondary N) is 2. The van der Waals surface area contributed by atoms with Crippen LogP contribution in [0.5, 0.6) is 0 Å². The van der Waals surface area contributed by atoms with Crippen LogP contribution in [-0.4, -0.2) is 81.3 Å². The lowest BCUT2D eigenvalue weighted by Gasteiger charge is -2.43. The van der Waals surface area contributed by atoms with Gasteiger partial charge in [-0.05, 0) is 0 Å². The van der Waals surface area contributed by atoms with E-state index in [2.05, 4.69) is 23.3 Å². The first-order valence-corrected chi connectivity index (χ1v) is 6.94. The minimum atomic E-state index is -1.42. The molecule has 0 aromatic carbocycles. The number of carbonyl (C=O) groups is 2. The summed E-state index contributed by atoms with van der Waals surface area (Å²) in [4.78, 5) is 22.2. The molecular formula is C11H20N2O7S. The molecule has 1 amide bonds. The lowest BCUT2D eigenvalue weighted by Crippen LogP contribution is -2.69. The van der Waals surface area contributed by atoms with Crippen LogP contribution in [0.1, 0.15) is 6.92 Å². The van der Waals surface area contributed by atoms with Crippen molar-refractivity contribution in [1.29, 1.82) is 0 Å². The zero-order valence-electron chi connectivity index (χ0n) is 11.3. The quantitative estimate of drug-likeness (QED) is 0.254. The Kier molecular flexibility index (Phi) is 6.84. The molecule has 122 valence electrons. The smallest absolute Gasteiger partial charge is 0.321 e. The number of thiol groups is 1. The lowest BCUT2D eigenvalue weighted by atomic mass is 9.95. The number of carbonyl (C=O) groups excluding carboxylic acids is 1. The van der Waals surface area contributed by atoms with Crippen molar-refractivity contribution in [3.63, 3.8) is 0 Å². The van der Waals surface area contributed by atoms with Gasteiger partial charge in [-0.25, -0.2) is 0 Å². The Bertz CT molecular complexity index is 384. The molecule has 1 fully saturated rings. The summed E-state index contributed by atoms with van der Waals surface area (Å²) in [5, 5.41) is 42.9. The highest BCUT2D eigenvalue weighted by Crippen LogP contribution is 2.20. The summed E-state index contributed by atoms with van der Waals surface area (Å²) in [7, 11) is 0. The third-order valence-corrected chi connectivity index (χ3v) is 3.51. The largest absolute Gasteiger partial charge is 0.480 e. The summed E-state index contributed by atoms with van der Waals surface area (Å²) in [5.41, 5.74) is 0. The fourth-order valence-electron chi connectivity index (χ4n) is 2.06. The molecule has 0 bridgehead atoms. The maximum absolute atomic E-state index is 11.2. The van der Waals surface area contributed by atoms with E-state index in [9.17, 15) is 19.8 Å². The SMILES string of the molecule is CC(=O)N[C@@H]1[C@@H](O)[C@H](O)[C@@H](CO)O[C@H]1N[C@@H](CS)C(=O)O. The van der Waals surface area contributed by atoms with Crippen molar-refractivity contribution in [1.82, 2.24) is 10.6 Å². The van der Waals surface area contributed by atoms with Crippen molar-refractivity contribution in [2.24, 2.45) is 0 Å². The molecule has 0 radical (unpaired) electrons. The molecule has 6 atom stereocenters. The molecule has 0 aliphatic carbocycles. The van der Waals surface area contributed by atoms with Gasteiger partial charge in [0.05, 0.1) is 12.6 Å². The van der Waals surface area contributed by atoms with E-state index in [-0.39, 0.29) is 5.75 Å². The van der Waals surface area contributed by atoms with Crippen molar-refractivity contribution < 1.29 is 34.8 Å². The molecule has 1 heterocycles. The van der Waals surface area contributed by atoms with Gasteiger partial charge >= 0.3 is 5.97 Å². The van der Waals surface area contributed by atoms with Gasteiger partial charge in [-0.2, -0.15) is 12.6 Å². The number of aliphatic hydroxyl groups is 3. The van der Waals surface area contributed by atoms with E-state index in [0.29, 0.717) is 0 Å². The van der Waals surface area contributed by atoms with E-state index in [1.54, 1.807) is 0 Å². The minimum absolute atomic E-state index is 0.0512. The molecule has 0 saturated carbocycles. The van der Waals surface area contributed by atoms with Crippen LogP contribution in [0, 0.1) is 0 Å². The topological polar surface area (TPSA) is 148 Å². The van der Waals surface area contributed by atoms with E-state index in [1.165, 1.54) is 6.92 Å². The molecule has 1 saturated heterocycles. The molecule has 21 heavy (non-hydrogen) atoms. The summed E-state index contributed by atoms with van der Waals surface area (Å²) in [6.07, 6.45) is -5.04. The fourth-order valence-corrected chi connectivity index (χ4v) is 2.32. The highest BCUT2D eigenvalue weighted by Gasteiger charge is 2.45. The maximum atomic E-state index is 11.2. The van der Waals surface area contributed by atoms with Crippen molar-refractivity contribution in [3.05, 3.63) is 0 Å². The highest BCUT2D eigenvalue weighted by molar-refractivity contribution is 7.80. The molecule has 0 aromatic heterocycles. The highest BCUT2D eigenvalue weighted by atomic mass is 32.1. The van der Waals surface area contributed by atoms with Crippen LogP contribution < -0.4 is 10.6 Å². The zero-order chi connectivity index (χ0) is 16.2. The number of rotatable bonds is 6. The Hall–Kier alpha value is -0.910. The number of aliphatic carboxylic acids is 1. The summed E-state index contributed by atoms with van der Waals surface area (Å²) in [6, 6.07) is -2.15. The number of hydrogen-bond donors (Lipinski definition) is 7. The third-order valence-electron chi connectivity index (χ3n) is 3.14. The second-order valence-corrected chi connectivity index (χ2v) is 5.09. The van der Waals surface area contributed by atoms with Crippen LogP contribution in [-0.2, 0) is 14.3 Å². The fraction of sp³-hybridized carbons (Fsp3) is 0.818. The Morgan fingerprint density at radius 3 is 2.38 bits per heavy atom. The summed E-state index contributed by atoms with van der Waals surface area (Å²) in [5.74, 6) is -1.72. The predicted molar refractivity (Wildman–Crippen MR) is 73.8 cm³/mol. The van der Waals surface area contributed by atoms with Gasteiger partial charge in [0.2, 0.25) is 5.91 Å². The van der Waals surface area contributed by atoms with Crippen LogP contribution in [0.2, 0.25) is 0 Å².